The molecule has 0 fully saturated rings. The van der Waals surface area contributed by atoms with Gasteiger partial charge in [0.1, 0.15) is 0 Å². The molecule has 1 N–H and O–H groups in total. The number of hydrogen-bond acceptors (Lipinski definition) is 3. The van der Waals surface area contributed by atoms with E-state index in [0.29, 0.717) is 0 Å². The van der Waals surface area contributed by atoms with Crippen LogP contribution in [0.15, 0.2) is 36.0 Å². The minimum absolute atomic E-state index is 0.843. The second-order valence-electron chi connectivity index (χ2n) is 2.97. The maximum atomic E-state index is 4.20. The van der Waals surface area contributed by atoms with Crippen molar-refractivity contribution >= 4 is 22.4 Å². The van der Waals surface area contributed by atoms with Crippen molar-refractivity contribution in [3.8, 4) is 10.4 Å². The zero-order chi connectivity index (χ0) is 9.38. The lowest BCUT2D eigenvalue weighted by Gasteiger charge is -1.97. The Balaban J connectivity index is 2.36. The second-order valence-corrected chi connectivity index (χ2v) is 3.92. The van der Waals surface area contributed by atoms with Gasteiger partial charge in [0.2, 0.25) is 0 Å². The molecule has 0 aliphatic carbocycles. The van der Waals surface area contributed by atoms with E-state index >= 15 is 0 Å². The zero-order valence-electron chi connectivity index (χ0n) is 7.27. The van der Waals surface area contributed by atoms with Crippen LogP contribution in [0.3, 0.4) is 0 Å². The summed E-state index contributed by atoms with van der Waals surface area (Å²) in [6, 6.07) is 6.17. The Morgan fingerprint density at radius 1 is 1.29 bits per heavy atom. The second kappa shape index (κ2) is 2.92. The summed E-state index contributed by atoms with van der Waals surface area (Å²) in [4.78, 5) is 5.45. The number of nitrogens with zero attached hydrogens (tertiary/aromatic N) is 2. The lowest BCUT2D eigenvalue weighted by Crippen LogP contribution is -1.78. The number of thiophene rings is 1. The lowest BCUT2D eigenvalue weighted by molar-refractivity contribution is 1.10. The SMILES string of the molecule is c1csc(-c2ccnc3[nH]ncc23)c1. The first-order valence-electron chi connectivity index (χ1n) is 4.27. The molecule has 0 aliphatic rings. The molecule has 0 saturated heterocycles. The maximum absolute atomic E-state index is 4.20. The van der Waals surface area contributed by atoms with Crippen molar-refractivity contribution < 1.29 is 0 Å². The Morgan fingerprint density at radius 3 is 3.14 bits per heavy atom. The number of nitrogens with one attached hydrogen (secondary N) is 1. The third-order valence-corrected chi connectivity index (χ3v) is 3.04. The molecule has 0 radical (unpaired) electrons. The van der Waals surface area contributed by atoms with Crippen LogP contribution < -0.4 is 0 Å². The Bertz CT molecular complexity index is 554. The Kier molecular flexibility index (Phi) is 1.61. The summed E-state index contributed by atoms with van der Waals surface area (Å²) in [6.07, 6.45) is 3.62. The number of fused-ring (bicyclic) bond motifs is 1. The van der Waals surface area contributed by atoms with Crippen LogP contribution in [0.25, 0.3) is 21.5 Å². The van der Waals surface area contributed by atoms with Gasteiger partial charge in [-0.3, -0.25) is 5.10 Å². The van der Waals surface area contributed by atoms with E-state index in [1.807, 2.05) is 18.3 Å². The average molecular weight is 201 g/mol. The molecule has 0 amide bonds. The number of aromatic amines is 1. The van der Waals surface area contributed by atoms with Gasteiger partial charge in [-0.25, -0.2) is 4.98 Å². The molecule has 3 aromatic rings. The zero-order valence-corrected chi connectivity index (χ0v) is 8.08. The molecule has 0 saturated carbocycles. The van der Waals surface area contributed by atoms with E-state index in [1.165, 1.54) is 10.4 Å². The molecular weight excluding hydrogens is 194 g/mol. The molecule has 0 bridgehead atoms. The molecule has 0 spiro atoms. The van der Waals surface area contributed by atoms with Crippen LogP contribution >= 0.6 is 11.3 Å². The van der Waals surface area contributed by atoms with Crippen LogP contribution in [0.1, 0.15) is 0 Å². The number of rotatable bonds is 1. The predicted molar refractivity (Wildman–Crippen MR) is 57.2 cm³/mol. The molecule has 3 rings (SSSR count). The van der Waals surface area contributed by atoms with Crippen LogP contribution in [0.5, 0.6) is 0 Å². The minimum Gasteiger partial charge on any atom is -0.261 e. The van der Waals surface area contributed by atoms with Gasteiger partial charge in [-0.2, -0.15) is 5.10 Å². The lowest BCUT2D eigenvalue weighted by atomic mass is 10.1. The van der Waals surface area contributed by atoms with Crippen molar-refractivity contribution in [3.05, 3.63) is 36.0 Å². The fraction of sp³-hybridized carbons (Fsp3) is 0. The van der Waals surface area contributed by atoms with Crippen molar-refractivity contribution in [3.63, 3.8) is 0 Å². The number of aromatic nitrogens is 3. The van der Waals surface area contributed by atoms with Crippen LogP contribution in [-0.2, 0) is 0 Å². The highest BCUT2D eigenvalue weighted by Crippen LogP contribution is 2.29. The summed E-state index contributed by atoms with van der Waals surface area (Å²) in [6.45, 7) is 0. The first-order valence-corrected chi connectivity index (χ1v) is 5.15. The van der Waals surface area contributed by atoms with E-state index in [0.717, 1.165) is 11.0 Å². The molecule has 0 aliphatic heterocycles. The summed E-state index contributed by atoms with van der Waals surface area (Å²) in [5, 5.41) is 10.0. The van der Waals surface area contributed by atoms with Gasteiger partial charge in [0.05, 0.1) is 6.20 Å². The van der Waals surface area contributed by atoms with Crippen molar-refractivity contribution in [2.45, 2.75) is 0 Å². The number of hydrogen-bond donors (Lipinski definition) is 1. The summed E-state index contributed by atoms with van der Waals surface area (Å²) in [5.74, 6) is 0. The summed E-state index contributed by atoms with van der Waals surface area (Å²) in [7, 11) is 0. The molecule has 0 aromatic carbocycles. The molecule has 4 heteroatoms. The van der Waals surface area contributed by atoms with Crippen LogP contribution in [0, 0.1) is 0 Å². The normalized spacial score (nSPS) is 10.9. The standard InChI is InChI=1S/C10H7N3S/c1-2-9(14-5-1)7-3-4-11-10-8(7)6-12-13-10/h1-6H,(H,11,12,13). The highest BCUT2D eigenvalue weighted by molar-refractivity contribution is 7.13. The summed E-state index contributed by atoms with van der Waals surface area (Å²) in [5.41, 5.74) is 2.04. The van der Waals surface area contributed by atoms with Crippen molar-refractivity contribution in [1.82, 2.24) is 15.2 Å². The van der Waals surface area contributed by atoms with Gasteiger partial charge >= 0.3 is 0 Å². The average Bonchev–Trinajstić information content (AvgIpc) is 2.88. The van der Waals surface area contributed by atoms with Crippen LogP contribution in [0.2, 0.25) is 0 Å². The molecule has 14 heavy (non-hydrogen) atoms. The van der Waals surface area contributed by atoms with E-state index in [-0.39, 0.29) is 0 Å². The molecule has 68 valence electrons. The van der Waals surface area contributed by atoms with Crippen LogP contribution in [0.4, 0.5) is 0 Å². The monoisotopic (exact) mass is 201 g/mol. The van der Waals surface area contributed by atoms with Gasteiger partial charge in [0, 0.05) is 22.0 Å². The van der Waals surface area contributed by atoms with Crippen molar-refractivity contribution in [2.24, 2.45) is 0 Å². The molecule has 3 nitrogen and oxygen atoms in total. The third-order valence-electron chi connectivity index (χ3n) is 2.14. The molecule has 3 aromatic heterocycles. The number of H-pyrrole nitrogens is 1. The van der Waals surface area contributed by atoms with Gasteiger partial charge < -0.3 is 0 Å². The van der Waals surface area contributed by atoms with Gasteiger partial charge in [-0.05, 0) is 17.5 Å². The Labute approximate surface area is 84.4 Å². The summed E-state index contributed by atoms with van der Waals surface area (Å²) < 4.78 is 0. The van der Waals surface area contributed by atoms with Gasteiger partial charge in [0.15, 0.2) is 5.65 Å². The van der Waals surface area contributed by atoms with Crippen LogP contribution in [-0.4, -0.2) is 15.2 Å². The topological polar surface area (TPSA) is 41.6 Å². The van der Waals surface area contributed by atoms with Crippen molar-refractivity contribution in [1.29, 1.82) is 0 Å². The first-order chi connectivity index (χ1) is 6.95. The minimum atomic E-state index is 0.843. The van der Waals surface area contributed by atoms with E-state index in [1.54, 1.807) is 17.5 Å². The maximum Gasteiger partial charge on any atom is 0.155 e. The predicted octanol–water partition coefficient (Wildman–Crippen LogP) is 2.69. The molecule has 0 atom stereocenters. The quantitative estimate of drug-likeness (QED) is 0.657. The van der Waals surface area contributed by atoms with Crippen molar-refractivity contribution in [2.75, 3.05) is 0 Å². The van der Waals surface area contributed by atoms with Gasteiger partial charge in [-0.15, -0.1) is 11.3 Å². The fourth-order valence-corrected chi connectivity index (χ4v) is 2.26. The van der Waals surface area contributed by atoms with E-state index in [9.17, 15) is 0 Å². The smallest absolute Gasteiger partial charge is 0.155 e. The van der Waals surface area contributed by atoms with E-state index < -0.39 is 0 Å². The Morgan fingerprint density at radius 2 is 2.29 bits per heavy atom. The van der Waals surface area contributed by atoms with E-state index in [2.05, 4.69) is 26.6 Å². The number of pyridine rings is 1. The molecule has 3 heterocycles. The first kappa shape index (κ1) is 7.70. The summed E-state index contributed by atoms with van der Waals surface area (Å²) >= 11 is 1.72. The largest absolute Gasteiger partial charge is 0.261 e. The van der Waals surface area contributed by atoms with Gasteiger partial charge in [0.25, 0.3) is 0 Å². The highest BCUT2D eigenvalue weighted by atomic mass is 32.1. The Hall–Kier alpha value is -1.68. The highest BCUT2D eigenvalue weighted by Gasteiger charge is 2.05. The van der Waals surface area contributed by atoms with E-state index in [4.69, 9.17) is 0 Å². The van der Waals surface area contributed by atoms with Gasteiger partial charge in [-0.1, -0.05) is 6.07 Å². The fourth-order valence-electron chi connectivity index (χ4n) is 1.50. The molecular formula is C10H7N3S. The third kappa shape index (κ3) is 1.04. The molecule has 0 unspecified atom stereocenters.